The molecule has 1 saturated heterocycles. The smallest absolute Gasteiger partial charge is 0.410 e. The summed E-state index contributed by atoms with van der Waals surface area (Å²) in [7, 11) is 1.41. The second-order valence-corrected chi connectivity index (χ2v) is 14.6. The van der Waals surface area contributed by atoms with Gasteiger partial charge in [-0.15, -0.1) is 0 Å². The number of piperazine rings is 1. The van der Waals surface area contributed by atoms with E-state index in [1.807, 2.05) is 6.92 Å². The van der Waals surface area contributed by atoms with Gasteiger partial charge in [-0.3, -0.25) is 43.9 Å². The molecule has 4 rings (SSSR count). The zero-order valence-electron chi connectivity index (χ0n) is 35.1. The van der Waals surface area contributed by atoms with Crippen LogP contribution in [0.25, 0.3) is 0 Å². The van der Waals surface area contributed by atoms with Crippen LogP contribution in [0.3, 0.4) is 0 Å². The molecule has 4 amide bonds. The molecule has 0 saturated carbocycles. The minimum atomic E-state index is -0.707. The van der Waals surface area contributed by atoms with Crippen molar-refractivity contribution in [1.82, 2.24) is 24.9 Å². The van der Waals surface area contributed by atoms with Crippen molar-refractivity contribution in [3.05, 3.63) is 87.3 Å². The van der Waals surface area contributed by atoms with Gasteiger partial charge in [-0.25, -0.2) is 4.79 Å². The molecular formula is C41H52N10O10. The van der Waals surface area contributed by atoms with Crippen LogP contribution >= 0.6 is 0 Å². The number of carbonyl (C=O) groups is 5. The number of aliphatic imine (C=N–C) groups is 1. The Hall–Kier alpha value is -7.25. The molecule has 0 radical (unpaired) electrons. The van der Waals surface area contributed by atoms with E-state index < -0.39 is 28.2 Å². The Morgan fingerprint density at radius 2 is 1.85 bits per heavy atom. The van der Waals surface area contributed by atoms with Gasteiger partial charge in [-0.1, -0.05) is 18.2 Å². The summed E-state index contributed by atoms with van der Waals surface area (Å²) < 4.78 is 18.4. The molecular weight excluding hydrogens is 793 g/mol. The third-order valence-electron chi connectivity index (χ3n) is 9.03. The highest BCUT2D eigenvalue weighted by molar-refractivity contribution is 5.97. The number of hydrogen-bond acceptors (Lipinski definition) is 14. The number of ether oxygens (including phenoxy) is 3. The summed E-state index contributed by atoms with van der Waals surface area (Å²) in [5.41, 5.74) is 6.35. The maximum absolute atomic E-state index is 13.3. The minimum absolute atomic E-state index is 0.0240. The molecule has 4 N–H and O–H groups in total. The van der Waals surface area contributed by atoms with Crippen molar-refractivity contribution in [1.29, 1.82) is 0 Å². The summed E-state index contributed by atoms with van der Waals surface area (Å²) in [6.45, 7) is 13.8. The van der Waals surface area contributed by atoms with Gasteiger partial charge in [0.2, 0.25) is 11.8 Å². The Bertz CT molecular complexity index is 2190. The predicted octanol–water partition coefficient (Wildman–Crippen LogP) is 4.25. The molecule has 2 heterocycles. The van der Waals surface area contributed by atoms with E-state index in [-0.39, 0.29) is 85.3 Å². The second kappa shape index (κ2) is 21.1. The Kier molecular flexibility index (Phi) is 16.1. The lowest BCUT2D eigenvalue weighted by molar-refractivity contribution is -0.384. The number of primary amides is 1. The number of aromatic nitrogens is 2. The lowest BCUT2D eigenvalue weighted by Crippen LogP contribution is -2.53. The number of nitro groups is 1. The van der Waals surface area contributed by atoms with Crippen LogP contribution in [-0.2, 0) is 16.1 Å². The van der Waals surface area contributed by atoms with Gasteiger partial charge in [-0.05, 0) is 71.7 Å². The third kappa shape index (κ3) is 12.6. The lowest BCUT2D eigenvalue weighted by atomic mass is 10.1. The molecule has 2 aromatic carbocycles. The van der Waals surface area contributed by atoms with Crippen LogP contribution in [0.1, 0.15) is 64.6 Å². The highest BCUT2D eigenvalue weighted by Crippen LogP contribution is 2.39. The standard InChI is InChI=1S/C41H52N10O10/c1-8-50-32(19-27(2)46-50)39(55)45-26-49(37-30(43-6)22-29(38(42)54)23-34(37)59-7)15-10-9-13-44-36-31(51(57)58)20-28(25-52)21-33(36)60-18-12-11-14-47-16-17-48(24-35(47)53)40(56)61-41(3,4)5/h9-12,19-23,25,44H,6,8,13-18,24,26H2,1-5,7H3,(H2,42,54)(H,45,55)/b10-9+,12-11-. The number of rotatable bonds is 20. The fraction of sp³-hybridized carbons (Fsp3) is 0.390. The van der Waals surface area contributed by atoms with Gasteiger partial charge < -0.3 is 40.4 Å². The number of nitro benzene ring substituents is 1. The van der Waals surface area contributed by atoms with Crippen LogP contribution in [0.15, 0.2) is 59.6 Å². The molecule has 1 aromatic heterocycles. The molecule has 0 aliphatic carbocycles. The van der Waals surface area contributed by atoms with Gasteiger partial charge in [0.1, 0.15) is 42.2 Å². The highest BCUT2D eigenvalue weighted by atomic mass is 16.6. The van der Waals surface area contributed by atoms with Crippen molar-refractivity contribution < 1.29 is 43.1 Å². The quantitative estimate of drug-likeness (QED) is 0.0360. The maximum Gasteiger partial charge on any atom is 0.410 e. The van der Waals surface area contributed by atoms with E-state index in [0.29, 0.717) is 43.0 Å². The minimum Gasteiger partial charge on any atom is -0.494 e. The van der Waals surface area contributed by atoms with Crippen LogP contribution in [-0.4, -0.2) is 127 Å². The zero-order valence-corrected chi connectivity index (χ0v) is 35.1. The number of carbonyl (C=O) groups excluding carboxylic acids is 5. The number of aryl methyl sites for hydroxylation is 2. The van der Waals surface area contributed by atoms with Gasteiger partial charge in [0, 0.05) is 56.5 Å². The van der Waals surface area contributed by atoms with Crippen molar-refractivity contribution >= 4 is 59.6 Å². The predicted molar refractivity (Wildman–Crippen MR) is 228 cm³/mol. The molecule has 326 valence electrons. The van der Waals surface area contributed by atoms with Crippen molar-refractivity contribution in [3.63, 3.8) is 0 Å². The first-order chi connectivity index (χ1) is 29.0. The lowest BCUT2D eigenvalue weighted by Gasteiger charge is -2.34. The van der Waals surface area contributed by atoms with Crippen molar-refractivity contribution in [2.45, 2.75) is 46.8 Å². The van der Waals surface area contributed by atoms with Gasteiger partial charge >= 0.3 is 6.09 Å². The molecule has 3 aromatic rings. The third-order valence-corrected chi connectivity index (χ3v) is 9.03. The topological polar surface area (TPSA) is 246 Å². The fourth-order valence-corrected chi connectivity index (χ4v) is 6.15. The maximum atomic E-state index is 13.3. The Balaban J connectivity index is 1.48. The molecule has 0 spiro atoms. The van der Waals surface area contributed by atoms with Gasteiger partial charge in [0.05, 0.1) is 30.1 Å². The molecule has 0 unspecified atom stereocenters. The summed E-state index contributed by atoms with van der Waals surface area (Å²) in [5, 5.41) is 22.4. The first kappa shape index (κ1) is 46.4. The number of aldehydes is 1. The highest BCUT2D eigenvalue weighted by Gasteiger charge is 2.30. The average molecular weight is 845 g/mol. The zero-order chi connectivity index (χ0) is 44.9. The molecule has 20 heteroatoms. The SMILES string of the molecule is C=Nc1cc(C(N)=O)cc(OC)c1N(C/C=C/CNc1c(OC/C=C\CN2CCN(C(=O)OC(C)(C)C)CC2=O)cc(C=O)cc1[N+](=O)[O-])CNC(=O)c1cc(C)nn1CC. The van der Waals surface area contributed by atoms with Crippen molar-refractivity contribution in [2.75, 3.05) is 69.9 Å². The molecule has 1 aliphatic rings. The summed E-state index contributed by atoms with van der Waals surface area (Å²) in [6, 6.07) is 7.09. The van der Waals surface area contributed by atoms with E-state index in [1.54, 1.807) is 72.5 Å². The first-order valence-electron chi connectivity index (χ1n) is 19.3. The normalized spacial score (nSPS) is 13.0. The van der Waals surface area contributed by atoms with E-state index in [2.05, 4.69) is 27.4 Å². The van der Waals surface area contributed by atoms with Crippen LogP contribution in [0.2, 0.25) is 0 Å². The van der Waals surface area contributed by atoms with Crippen LogP contribution in [0.4, 0.5) is 27.5 Å². The Labute approximate surface area is 353 Å². The number of hydrogen-bond donors (Lipinski definition) is 3. The summed E-state index contributed by atoms with van der Waals surface area (Å²) >= 11 is 0. The molecule has 0 atom stereocenters. The van der Waals surface area contributed by atoms with Crippen molar-refractivity contribution in [3.8, 4) is 11.5 Å². The van der Waals surface area contributed by atoms with Crippen molar-refractivity contribution in [2.24, 2.45) is 10.7 Å². The first-order valence-corrected chi connectivity index (χ1v) is 19.3. The number of amides is 4. The average Bonchev–Trinajstić information content (AvgIpc) is 3.61. The summed E-state index contributed by atoms with van der Waals surface area (Å²) in [4.78, 5) is 82.4. The monoisotopic (exact) mass is 844 g/mol. The number of nitrogens with two attached hydrogens (primary N) is 1. The van der Waals surface area contributed by atoms with Gasteiger partial charge in [0.25, 0.3) is 11.6 Å². The molecule has 1 fully saturated rings. The number of benzene rings is 2. The Morgan fingerprint density at radius 3 is 2.48 bits per heavy atom. The van der Waals surface area contributed by atoms with E-state index in [1.165, 1.54) is 30.2 Å². The molecule has 1 aliphatic heterocycles. The Morgan fingerprint density at radius 1 is 1.10 bits per heavy atom. The van der Waals surface area contributed by atoms with E-state index in [0.717, 1.165) is 6.07 Å². The van der Waals surface area contributed by atoms with E-state index in [9.17, 15) is 34.1 Å². The molecule has 20 nitrogen and oxygen atoms in total. The van der Waals surface area contributed by atoms with Crippen LogP contribution in [0.5, 0.6) is 11.5 Å². The van der Waals surface area contributed by atoms with Gasteiger partial charge in [0.15, 0.2) is 11.4 Å². The second-order valence-electron chi connectivity index (χ2n) is 14.6. The number of nitrogens with one attached hydrogen (secondary N) is 2. The number of nitrogens with zero attached hydrogens (tertiary/aromatic N) is 7. The largest absolute Gasteiger partial charge is 0.494 e. The van der Waals surface area contributed by atoms with E-state index >= 15 is 0 Å². The number of anilines is 2. The number of methoxy groups -OCH3 is 1. The summed E-state index contributed by atoms with van der Waals surface area (Å²) in [6.07, 6.45) is 6.68. The molecule has 0 bridgehead atoms. The van der Waals surface area contributed by atoms with Gasteiger partial charge in [-0.2, -0.15) is 5.10 Å². The fourth-order valence-electron chi connectivity index (χ4n) is 6.15. The van der Waals surface area contributed by atoms with Crippen LogP contribution < -0.4 is 30.7 Å². The molecule has 61 heavy (non-hydrogen) atoms. The van der Waals surface area contributed by atoms with E-state index in [4.69, 9.17) is 19.9 Å². The van der Waals surface area contributed by atoms with Crippen LogP contribution in [0, 0.1) is 17.0 Å². The summed E-state index contributed by atoms with van der Waals surface area (Å²) in [5.74, 6) is -1.07.